The molecule has 3 unspecified atom stereocenters. The fourth-order valence-electron chi connectivity index (χ4n) is 2.63. The van der Waals surface area contributed by atoms with Crippen molar-refractivity contribution >= 4 is 29.7 Å². The van der Waals surface area contributed by atoms with Gasteiger partial charge in [0, 0.05) is 13.0 Å². The van der Waals surface area contributed by atoms with Crippen molar-refractivity contribution in [1.29, 1.82) is 0 Å². The number of amides is 3. The van der Waals surface area contributed by atoms with Crippen molar-refractivity contribution in [3.8, 4) is 0 Å². The van der Waals surface area contributed by atoms with Crippen LogP contribution in [0, 0.1) is 0 Å². The summed E-state index contributed by atoms with van der Waals surface area (Å²) in [6.45, 7) is 1.18. The molecule has 12 heteroatoms. The summed E-state index contributed by atoms with van der Waals surface area (Å²) in [6.07, 6.45) is 0.952. The number of guanidine groups is 1. The van der Waals surface area contributed by atoms with Crippen LogP contribution < -0.4 is 33.2 Å². The summed E-state index contributed by atoms with van der Waals surface area (Å²) < 4.78 is 0. The van der Waals surface area contributed by atoms with Crippen LogP contribution in [-0.4, -0.2) is 66.0 Å². The molecule has 3 amide bonds. The number of nitrogens with one attached hydrogen (secondary N) is 3. The van der Waals surface area contributed by atoms with E-state index in [1.165, 1.54) is 6.92 Å². The highest BCUT2D eigenvalue weighted by Crippen LogP contribution is 2.05. The molecule has 0 radical (unpaired) electrons. The predicted molar refractivity (Wildman–Crippen MR) is 118 cm³/mol. The quantitative estimate of drug-likeness (QED) is 0.0993. The number of carboxylic acids is 1. The monoisotopic (exact) mass is 449 g/mol. The Morgan fingerprint density at radius 1 is 1.06 bits per heavy atom. The maximum absolute atomic E-state index is 12.7. The minimum atomic E-state index is -1.20. The van der Waals surface area contributed by atoms with Gasteiger partial charge in [-0.3, -0.25) is 24.2 Å². The Balaban J connectivity index is 2.72. The van der Waals surface area contributed by atoms with Crippen molar-refractivity contribution in [2.75, 3.05) is 13.1 Å². The van der Waals surface area contributed by atoms with Gasteiger partial charge in [-0.05, 0) is 25.3 Å². The molecule has 32 heavy (non-hydrogen) atoms. The van der Waals surface area contributed by atoms with E-state index in [1.807, 2.05) is 6.07 Å². The second kappa shape index (κ2) is 13.6. The maximum atomic E-state index is 12.7. The first-order chi connectivity index (χ1) is 15.1. The second-order valence-electron chi connectivity index (χ2n) is 7.15. The minimum absolute atomic E-state index is 0.0515. The summed E-state index contributed by atoms with van der Waals surface area (Å²) in [5.41, 5.74) is 17.2. The zero-order valence-electron chi connectivity index (χ0n) is 17.9. The number of rotatable bonds is 13. The third-order valence-corrected chi connectivity index (χ3v) is 4.39. The van der Waals surface area contributed by atoms with Crippen LogP contribution in [0.5, 0.6) is 0 Å². The van der Waals surface area contributed by atoms with Gasteiger partial charge in [0.2, 0.25) is 17.7 Å². The summed E-state index contributed by atoms with van der Waals surface area (Å²) in [7, 11) is 0. The Morgan fingerprint density at radius 3 is 2.31 bits per heavy atom. The van der Waals surface area contributed by atoms with Crippen molar-refractivity contribution in [3.63, 3.8) is 0 Å². The third kappa shape index (κ3) is 10.4. The van der Waals surface area contributed by atoms with Crippen LogP contribution in [0.3, 0.4) is 0 Å². The second-order valence-corrected chi connectivity index (χ2v) is 7.15. The van der Waals surface area contributed by atoms with Crippen molar-refractivity contribution in [2.45, 2.75) is 44.3 Å². The van der Waals surface area contributed by atoms with Gasteiger partial charge in [-0.25, -0.2) is 0 Å². The highest BCUT2D eigenvalue weighted by molar-refractivity contribution is 5.92. The van der Waals surface area contributed by atoms with Gasteiger partial charge in [-0.2, -0.15) is 0 Å². The molecule has 0 aliphatic heterocycles. The lowest BCUT2D eigenvalue weighted by Gasteiger charge is -2.21. The number of aliphatic carboxylic acids is 1. The molecule has 0 aromatic heterocycles. The van der Waals surface area contributed by atoms with Gasteiger partial charge in [-0.15, -0.1) is 0 Å². The van der Waals surface area contributed by atoms with E-state index in [1.54, 1.807) is 24.3 Å². The molecule has 1 aromatic rings. The smallest absolute Gasteiger partial charge is 0.325 e. The number of aliphatic imine (C=N–C) groups is 1. The van der Waals surface area contributed by atoms with Crippen LogP contribution in [0.25, 0.3) is 0 Å². The Hall–Kier alpha value is -3.67. The Labute approximate surface area is 186 Å². The van der Waals surface area contributed by atoms with Crippen molar-refractivity contribution < 1.29 is 24.3 Å². The number of carboxylic acid groups (broad SMARTS) is 1. The highest BCUT2D eigenvalue weighted by atomic mass is 16.4. The highest BCUT2D eigenvalue weighted by Gasteiger charge is 2.24. The average molecular weight is 450 g/mol. The van der Waals surface area contributed by atoms with Crippen LogP contribution in [0.15, 0.2) is 35.3 Å². The number of nitrogens with zero attached hydrogens (tertiary/aromatic N) is 1. The van der Waals surface area contributed by atoms with E-state index in [-0.39, 0.29) is 12.4 Å². The lowest BCUT2D eigenvalue weighted by molar-refractivity contribution is -0.141. The summed E-state index contributed by atoms with van der Waals surface area (Å²) in [6, 6.07) is 6.03. The molecule has 0 spiro atoms. The SMILES string of the molecule is CC(NC(=O)CNC(=O)C(Cc1ccccc1)NC(=O)C(N)CCCN=C(N)N)C(=O)O. The molecule has 0 fully saturated rings. The fourth-order valence-corrected chi connectivity index (χ4v) is 2.63. The molecule has 0 aliphatic carbocycles. The standard InChI is InChI=1S/C20H31N7O5/c1-12(19(31)32)26-16(28)11-25-18(30)15(10-13-6-3-2-4-7-13)27-17(29)14(21)8-5-9-24-20(22)23/h2-4,6-7,12,14-15H,5,8-11,21H2,1H3,(H,25,30)(H,26,28)(H,27,29)(H,31,32)(H4,22,23,24). The molecule has 0 aliphatic rings. The van der Waals surface area contributed by atoms with Crippen LogP contribution in [0.1, 0.15) is 25.3 Å². The number of nitrogens with two attached hydrogens (primary N) is 3. The number of hydrogen-bond donors (Lipinski definition) is 7. The molecule has 0 saturated heterocycles. The first-order valence-corrected chi connectivity index (χ1v) is 10.0. The van der Waals surface area contributed by atoms with E-state index in [0.717, 1.165) is 5.56 Å². The summed E-state index contributed by atoms with van der Waals surface area (Å²) in [4.78, 5) is 51.6. The Morgan fingerprint density at radius 2 is 1.72 bits per heavy atom. The minimum Gasteiger partial charge on any atom is -0.480 e. The van der Waals surface area contributed by atoms with Crippen LogP contribution in [-0.2, 0) is 25.6 Å². The van der Waals surface area contributed by atoms with Crippen LogP contribution >= 0.6 is 0 Å². The number of hydrogen-bond acceptors (Lipinski definition) is 6. The summed E-state index contributed by atoms with van der Waals surface area (Å²) >= 11 is 0. The van der Waals surface area contributed by atoms with E-state index >= 15 is 0 Å². The van der Waals surface area contributed by atoms with Crippen molar-refractivity contribution in [2.24, 2.45) is 22.2 Å². The fraction of sp³-hybridized carbons (Fsp3) is 0.450. The lowest BCUT2D eigenvalue weighted by Crippen LogP contribution is -2.54. The average Bonchev–Trinajstić information content (AvgIpc) is 2.74. The molecule has 0 bridgehead atoms. The van der Waals surface area contributed by atoms with Gasteiger partial charge in [0.05, 0.1) is 12.6 Å². The van der Waals surface area contributed by atoms with Crippen molar-refractivity contribution in [3.05, 3.63) is 35.9 Å². The molecule has 1 rings (SSSR count). The van der Waals surface area contributed by atoms with E-state index in [0.29, 0.717) is 19.4 Å². The van der Waals surface area contributed by atoms with E-state index in [4.69, 9.17) is 22.3 Å². The normalized spacial score (nSPS) is 13.2. The van der Waals surface area contributed by atoms with Gasteiger partial charge in [0.1, 0.15) is 12.1 Å². The topological polar surface area (TPSA) is 215 Å². The largest absolute Gasteiger partial charge is 0.480 e. The number of carbonyl (C=O) groups is 4. The molecular weight excluding hydrogens is 418 g/mol. The van der Waals surface area contributed by atoms with Crippen LogP contribution in [0.2, 0.25) is 0 Å². The van der Waals surface area contributed by atoms with E-state index < -0.39 is 48.4 Å². The van der Waals surface area contributed by atoms with Crippen LogP contribution in [0.4, 0.5) is 0 Å². The lowest BCUT2D eigenvalue weighted by atomic mass is 10.0. The van der Waals surface area contributed by atoms with Crippen molar-refractivity contribution in [1.82, 2.24) is 16.0 Å². The number of carbonyl (C=O) groups excluding carboxylic acids is 3. The molecule has 0 heterocycles. The van der Waals surface area contributed by atoms with Gasteiger partial charge in [0.15, 0.2) is 5.96 Å². The van der Waals surface area contributed by atoms with E-state index in [9.17, 15) is 19.2 Å². The van der Waals surface area contributed by atoms with E-state index in [2.05, 4.69) is 20.9 Å². The Bertz CT molecular complexity index is 812. The summed E-state index contributed by atoms with van der Waals surface area (Å²) in [5.74, 6) is -3.06. The molecule has 1 aromatic carbocycles. The van der Waals surface area contributed by atoms with Gasteiger partial charge in [-0.1, -0.05) is 30.3 Å². The van der Waals surface area contributed by atoms with Gasteiger partial charge < -0.3 is 38.3 Å². The maximum Gasteiger partial charge on any atom is 0.325 e. The molecule has 3 atom stereocenters. The first kappa shape index (κ1) is 26.4. The first-order valence-electron chi connectivity index (χ1n) is 10.0. The molecule has 0 saturated carbocycles. The molecule has 12 nitrogen and oxygen atoms in total. The zero-order valence-corrected chi connectivity index (χ0v) is 17.9. The van der Waals surface area contributed by atoms with Gasteiger partial charge >= 0.3 is 5.97 Å². The third-order valence-electron chi connectivity index (χ3n) is 4.39. The summed E-state index contributed by atoms with van der Waals surface area (Å²) in [5, 5.41) is 16.1. The number of benzene rings is 1. The molecular formula is C20H31N7O5. The zero-order chi connectivity index (χ0) is 24.1. The molecule has 176 valence electrons. The van der Waals surface area contributed by atoms with Gasteiger partial charge in [0.25, 0.3) is 0 Å². The Kier molecular flexibility index (Phi) is 11.2. The molecule has 10 N–H and O–H groups in total. The predicted octanol–water partition coefficient (Wildman–Crippen LogP) is -2.20.